The fourth-order valence-electron chi connectivity index (χ4n) is 1.45. The fourth-order valence-corrected chi connectivity index (χ4v) is 1.45. The summed E-state index contributed by atoms with van der Waals surface area (Å²) in [6.45, 7) is 5.31. The van der Waals surface area contributed by atoms with Gasteiger partial charge in [0.05, 0.1) is 6.10 Å². The number of rotatable bonds is 5. The first-order chi connectivity index (χ1) is 7.15. The number of hydrogen-bond donors (Lipinski definition) is 1. The fraction of sp³-hybridized carbons (Fsp3) is 0.308. The molecule has 1 rings (SSSR count). The van der Waals surface area contributed by atoms with E-state index in [4.69, 9.17) is 0 Å². The Bertz CT molecular complexity index is 330. The molecule has 0 aliphatic rings. The Labute approximate surface area is 90.3 Å². The van der Waals surface area contributed by atoms with Gasteiger partial charge in [0, 0.05) is 11.5 Å². The van der Waals surface area contributed by atoms with Gasteiger partial charge in [0.1, 0.15) is 0 Å². The van der Waals surface area contributed by atoms with E-state index in [1.807, 2.05) is 25.1 Å². The molecule has 0 spiro atoms. The van der Waals surface area contributed by atoms with Crippen LogP contribution >= 0.6 is 0 Å². The lowest BCUT2D eigenvalue weighted by molar-refractivity contribution is 0.0885. The smallest absolute Gasteiger partial charge is 0.165 e. The van der Waals surface area contributed by atoms with Crippen molar-refractivity contribution in [1.29, 1.82) is 0 Å². The topological polar surface area (TPSA) is 37.3 Å². The molecule has 0 bridgehead atoms. The monoisotopic (exact) mass is 204 g/mol. The predicted molar refractivity (Wildman–Crippen MR) is 60.8 cm³/mol. The molecule has 0 aliphatic carbocycles. The van der Waals surface area contributed by atoms with Gasteiger partial charge in [-0.3, -0.25) is 4.79 Å². The van der Waals surface area contributed by atoms with E-state index in [1.165, 1.54) is 6.08 Å². The van der Waals surface area contributed by atoms with E-state index in [-0.39, 0.29) is 11.7 Å². The van der Waals surface area contributed by atoms with Gasteiger partial charge < -0.3 is 5.11 Å². The zero-order chi connectivity index (χ0) is 11.3. The molecule has 2 atom stereocenters. The van der Waals surface area contributed by atoms with Crippen LogP contribution in [0.3, 0.4) is 0 Å². The summed E-state index contributed by atoms with van der Waals surface area (Å²) < 4.78 is 0. The molecule has 0 fully saturated rings. The average molecular weight is 204 g/mol. The van der Waals surface area contributed by atoms with Crippen molar-refractivity contribution in [1.82, 2.24) is 0 Å². The molecule has 0 saturated carbocycles. The summed E-state index contributed by atoms with van der Waals surface area (Å²) in [6, 6.07) is 9.13. The lowest BCUT2D eigenvalue weighted by Crippen LogP contribution is -2.17. The number of carbonyl (C=O) groups is 1. The van der Waals surface area contributed by atoms with Gasteiger partial charge in [-0.2, -0.15) is 0 Å². The zero-order valence-electron chi connectivity index (χ0n) is 8.89. The highest BCUT2D eigenvalue weighted by atomic mass is 16.3. The molecular weight excluding hydrogens is 188 g/mol. The van der Waals surface area contributed by atoms with Gasteiger partial charge in [0.2, 0.25) is 0 Å². The lowest BCUT2D eigenvalue weighted by atomic mass is 9.94. The second kappa shape index (κ2) is 5.47. The number of carbonyl (C=O) groups excluding carboxylic acids is 1. The highest BCUT2D eigenvalue weighted by Gasteiger charge is 2.16. The Morgan fingerprint density at radius 3 is 2.60 bits per heavy atom. The Morgan fingerprint density at radius 2 is 2.07 bits per heavy atom. The van der Waals surface area contributed by atoms with Crippen molar-refractivity contribution in [3.05, 3.63) is 48.6 Å². The van der Waals surface area contributed by atoms with Gasteiger partial charge in [-0.15, -0.1) is 6.58 Å². The van der Waals surface area contributed by atoms with Crippen LogP contribution in [0.2, 0.25) is 0 Å². The first-order valence-electron chi connectivity index (χ1n) is 5.05. The largest absolute Gasteiger partial charge is 0.389 e. The van der Waals surface area contributed by atoms with Crippen LogP contribution in [0.25, 0.3) is 0 Å². The molecule has 15 heavy (non-hydrogen) atoms. The van der Waals surface area contributed by atoms with Crippen LogP contribution in [-0.2, 0) is 0 Å². The van der Waals surface area contributed by atoms with Crippen LogP contribution in [-0.4, -0.2) is 17.0 Å². The van der Waals surface area contributed by atoms with Crippen LogP contribution < -0.4 is 0 Å². The van der Waals surface area contributed by atoms with Crippen LogP contribution in [0.15, 0.2) is 43.0 Å². The maximum absolute atomic E-state index is 11.9. The number of Topliss-reactive ketones (excluding diaryl/α,β-unsaturated/α-hetero) is 1. The minimum absolute atomic E-state index is 0.0662. The van der Waals surface area contributed by atoms with Gasteiger partial charge in [-0.05, 0) is 6.42 Å². The maximum Gasteiger partial charge on any atom is 0.165 e. The van der Waals surface area contributed by atoms with Crippen molar-refractivity contribution in [3.8, 4) is 0 Å². The number of ketones is 1. The normalized spacial score (nSPS) is 14.3. The third-order valence-electron chi connectivity index (χ3n) is 2.37. The van der Waals surface area contributed by atoms with E-state index < -0.39 is 6.10 Å². The Balaban J connectivity index is 2.65. The standard InChI is InChI=1S/C13H16O2/c1-3-12(14)9-10(2)13(15)11-7-5-4-6-8-11/h3-8,10,12,14H,1,9H2,2H3. The Morgan fingerprint density at radius 1 is 1.47 bits per heavy atom. The molecule has 1 N–H and O–H groups in total. The van der Waals surface area contributed by atoms with Crippen LogP contribution in [0.5, 0.6) is 0 Å². The number of aliphatic hydroxyl groups is 1. The molecule has 2 unspecified atom stereocenters. The molecule has 0 aliphatic heterocycles. The molecule has 0 radical (unpaired) electrons. The van der Waals surface area contributed by atoms with Crippen molar-refractivity contribution < 1.29 is 9.90 Å². The summed E-state index contributed by atoms with van der Waals surface area (Å²) in [5, 5.41) is 9.35. The summed E-state index contributed by atoms with van der Waals surface area (Å²) in [5.74, 6) is -0.114. The predicted octanol–water partition coefficient (Wildman–Crippen LogP) is 2.44. The summed E-state index contributed by atoms with van der Waals surface area (Å²) >= 11 is 0. The first kappa shape index (κ1) is 11.7. The number of aliphatic hydroxyl groups excluding tert-OH is 1. The Kier molecular flexibility index (Phi) is 4.25. The van der Waals surface area contributed by atoms with E-state index >= 15 is 0 Å². The van der Waals surface area contributed by atoms with Crippen LogP contribution in [0.1, 0.15) is 23.7 Å². The van der Waals surface area contributed by atoms with Crippen molar-refractivity contribution >= 4 is 5.78 Å². The van der Waals surface area contributed by atoms with E-state index in [2.05, 4.69) is 6.58 Å². The van der Waals surface area contributed by atoms with E-state index in [0.29, 0.717) is 12.0 Å². The van der Waals surface area contributed by atoms with Crippen molar-refractivity contribution in [3.63, 3.8) is 0 Å². The zero-order valence-corrected chi connectivity index (χ0v) is 8.89. The first-order valence-corrected chi connectivity index (χ1v) is 5.05. The molecule has 2 nitrogen and oxygen atoms in total. The third kappa shape index (κ3) is 3.33. The number of benzene rings is 1. The molecule has 0 aromatic heterocycles. The summed E-state index contributed by atoms with van der Waals surface area (Å²) in [5.41, 5.74) is 0.696. The van der Waals surface area contributed by atoms with Gasteiger partial charge in [-0.1, -0.05) is 43.3 Å². The average Bonchev–Trinajstić information content (AvgIpc) is 2.29. The number of hydrogen-bond acceptors (Lipinski definition) is 2. The van der Waals surface area contributed by atoms with E-state index in [9.17, 15) is 9.90 Å². The molecule has 1 aromatic rings. The quantitative estimate of drug-likeness (QED) is 0.591. The third-order valence-corrected chi connectivity index (χ3v) is 2.37. The molecule has 1 aromatic carbocycles. The minimum Gasteiger partial charge on any atom is -0.389 e. The van der Waals surface area contributed by atoms with Crippen molar-refractivity contribution in [2.45, 2.75) is 19.4 Å². The van der Waals surface area contributed by atoms with Crippen molar-refractivity contribution in [2.24, 2.45) is 5.92 Å². The molecule has 80 valence electrons. The molecular formula is C13H16O2. The molecule has 2 heteroatoms. The second-order valence-corrected chi connectivity index (χ2v) is 3.67. The van der Waals surface area contributed by atoms with Crippen LogP contribution in [0.4, 0.5) is 0 Å². The highest BCUT2D eigenvalue weighted by molar-refractivity contribution is 5.97. The van der Waals surface area contributed by atoms with Gasteiger partial charge in [-0.25, -0.2) is 0 Å². The van der Waals surface area contributed by atoms with Gasteiger partial charge in [0.25, 0.3) is 0 Å². The second-order valence-electron chi connectivity index (χ2n) is 3.67. The molecule has 0 saturated heterocycles. The van der Waals surface area contributed by atoms with Crippen molar-refractivity contribution in [2.75, 3.05) is 0 Å². The van der Waals surface area contributed by atoms with Gasteiger partial charge >= 0.3 is 0 Å². The minimum atomic E-state index is -0.604. The maximum atomic E-state index is 11.9. The highest BCUT2D eigenvalue weighted by Crippen LogP contribution is 2.14. The van der Waals surface area contributed by atoms with E-state index in [1.54, 1.807) is 12.1 Å². The summed E-state index contributed by atoms with van der Waals surface area (Å²) in [6.07, 6.45) is 1.28. The van der Waals surface area contributed by atoms with E-state index in [0.717, 1.165) is 0 Å². The summed E-state index contributed by atoms with van der Waals surface area (Å²) in [4.78, 5) is 11.9. The molecule has 0 heterocycles. The lowest BCUT2D eigenvalue weighted by Gasteiger charge is -2.12. The van der Waals surface area contributed by atoms with Gasteiger partial charge in [0.15, 0.2) is 5.78 Å². The molecule has 0 amide bonds. The SMILES string of the molecule is C=CC(O)CC(C)C(=O)c1ccccc1. The van der Waals surface area contributed by atoms with Crippen LogP contribution in [0, 0.1) is 5.92 Å². The summed E-state index contributed by atoms with van der Waals surface area (Å²) in [7, 11) is 0. The Hall–Kier alpha value is -1.41.